The molecule has 1 saturated carbocycles. The van der Waals surface area contributed by atoms with Gasteiger partial charge in [0.2, 0.25) is 0 Å². The molecule has 0 amide bonds. The van der Waals surface area contributed by atoms with Gasteiger partial charge >= 0.3 is 0 Å². The van der Waals surface area contributed by atoms with Crippen molar-refractivity contribution in [2.75, 3.05) is 5.73 Å². The van der Waals surface area contributed by atoms with E-state index in [2.05, 4.69) is 15.0 Å². The topological polar surface area (TPSA) is 130 Å². The van der Waals surface area contributed by atoms with E-state index < -0.39 is 12.0 Å². The van der Waals surface area contributed by atoms with E-state index in [9.17, 15) is 5.11 Å². The van der Waals surface area contributed by atoms with Crippen LogP contribution in [0.5, 0.6) is 0 Å². The minimum atomic E-state index is -1.50. The number of aliphatic hydroxyl groups excluding tert-OH is 1. The lowest BCUT2D eigenvalue weighted by atomic mass is 9.82. The number of hydrogen-bond acceptors (Lipinski definition) is 7. The lowest BCUT2D eigenvalue weighted by molar-refractivity contribution is -0.127. The van der Waals surface area contributed by atoms with Crippen LogP contribution in [-0.2, 0) is 0 Å². The minimum Gasteiger partial charge on any atom is -0.382 e. The number of anilines is 1. The molecular formula is C16H29N5O3. The van der Waals surface area contributed by atoms with Gasteiger partial charge in [-0.25, -0.2) is 15.0 Å². The zero-order valence-electron chi connectivity index (χ0n) is 13.6. The van der Waals surface area contributed by atoms with Crippen LogP contribution in [0.1, 0.15) is 59.6 Å². The van der Waals surface area contributed by atoms with Crippen LogP contribution in [0.25, 0.3) is 11.2 Å². The molecule has 0 saturated heterocycles. The van der Waals surface area contributed by atoms with Gasteiger partial charge in [-0.05, 0) is 32.6 Å². The molecule has 0 radical (unpaired) electrons. The molecule has 1 aliphatic rings. The maximum absolute atomic E-state index is 10.2. The molecule has 136 valence electrons. The predicted molar refractivity (Wildman–Crippen MR) is 92.8 cm³/mol. The van der Waals surface area contributed by atoms with E-state index in [0.29, 0.717) is 17.0 Å². The van der Waals surface area contributed by atoms with E-state index in [1.54, 1.807) is 10.9 Å². The van der Waals surface area contributed by atoms with Gasteiger partial charge in [0, 0.05) is 0 Å². The van der Waals surface area contributed by atoms with E-state index in [-0.39, 0.29) is 7.43 Å². The van der Waals surface area contributed by atoms with Crippen molar-refractivity contribution in [3.05, 3.63) is 12.7 Å². The van der Waals surface area contributed by atoms with Crippen molar-refractivity contribution in [3.8, 4) is 0 Å². The average Bonchev–Trinajstić information content (AvgIpc) is 2.80. The fourth-order valence-electron chi connectivity index (χ4n) is 2.39. The Hall–Kier alpha value is -1.77. The van der Waals surface area contributed by atoms with Crippen molar-refractivity contribution < 1.29 is 15.3 Å². The highest BCUT2D eigenvalue weighted by Gasteiger charge is 2.20. The Bertz CT molecular complexity index is 628. The third-order valence-corrected chi connectivity index (χ3v) is 3.77. The number of fused-ring (bicyclic) bond motifs is 1. The summed E-state index contributed by atoms with van der Waals surface area (Å²) >= 11 is 0. The maximum Gasteiger partial charge on any atom is 0.167 e. The van der Waals surface area contributed by atoms with Crippen LogP contribution in [0.15, 0.2) is 12.7 Å². The first kappa shape index (κ1) is 20.3. The highest BCUT2D eigenvalue weighted by molar-refractivity contribution is 5.81. The highest BCUT2D eigenvalue weighted by atomic mass is 16.5. The van der Waals surface area contributed by atoms with E-state index in [0.717, 1.165) is 18.8 Å². The molecule has 0 spiro atoms. The van der Waals surface area contributed by atoms with Crippen molar-refractivity contribution in [1.29, 1.82) is 0 Å². The van der Waals surface area contributed by atoms with Crippen LogP contribution in [-0.4, -0.2) is 40.6 Å². The molecular weight excluding hydrogens is 310 g/mol. The first-order valence-electron chi connectivity index (χ1n) is 7.81. The van der Waals surface area contributed by atoms with Crippen molar-refractivity contribution >= 4 is 17.0 Å². The monoisotopic (exact) mass is 339 g/mol. The number of nitrogens with zero attached hydrogens (tertiary/aromatic N) is 4. The fraction of sp³-hybridized carbons (Fsp3) is 0.688. The second-order valence-electron chi connectivity index (χ2n) is 6.43. The lowest BCUT2D eigenvalue weighted by Crippen LogP contribution is -2.15. The minimum absolute atomic E-state index is 0. The number of aromatic nitrogens is 4. The Morgan fingerprint density at radius 3 is 2.46 bits per heavy atom. The van der Waals surface area contributed by atoms with E-state index in [1.807, 2.05) is 0 Å². The van der Waals surface area contributed by atoms with Crippen molar-refractivity contribution in [1.82, 2.24) is 19.5 Å². The molecule has 8 heteroatoms. The van der Waals surface area contributed by atoms with Gasteiger partial charge in [-0.15, -0.1) is 0 Å². The molecule has 8 nitrogen and oxygen atoms in total. The summed E-state index contributed by atoms with van der Waals surface area (Å²) in [7, 11) is 0. The molecule has 2 heterocycles. The number of nitrogen functional groups attached to an aromatic ring is 1. The van der Waals surface area contributed by atoms with Crippen LogP contribution < -0.4 is 5.73 Å². The van der Waals surface area contributed by atoms with Crippen LogP contribution >= 0.6 is 0 Å². The molecule has 1 aliphatic carbocycles. The lowest BCUT2D eigenvalue weighted by Gasteiger charge is -2.26. The highest BCUT2D eigenvalue weighted by Crippen LogP contribution is 2.32. The third kappa shape index (κ3) is 5.70. The molecule has 0 aromatic carbocycles. The van der Waals surface area contributed by atoms with Gasteiger partial charge in [0.05, 0.1) is 6.33 Å². The fourth-order valence-corrected chi connectivity index (χ4v) is 2.39. The summed E-state index contributed by atoms with van der Waals surface area (Å²) < 4.78 is 1.67. The van der Waals surface area contributed by atoms with Crippen LogP contribution in [0.4, 0.5) is 5.82 Å². The first-order chi connectivity index (χ1) is 10.8. The molecule has 3 rings (SSSR count). The molecule has 0 bridgehead atoms. The number of imidazole rings is 1. The van der Waals surface area contributed by atoms with Crippen molar-refractivity contribution in [2.24, 2.45) is 5.92 Å². The quantitative estimate of drug-likeness (QED) is 0.625. The van der Waals surface area contributed by atoms with Gasteiger partial charge in [-0.3, -0.25) is 4.57 Å². The Morgan fingerprint density at radius 1 is 1.29 bits per heavy atom. The Balaban J connectivity index is 0.000000425. The van der Waals surface area contributed by atoms with Gasteiger partial charge < -0.3 is 21.1 Å². The predicted octanol–water partition coefficient (Wildman–Crippen LogP) is 1.82. The van der Waals surface area contributed by atoms with Gasteiger partial charge in [-0.2, -0.15) is 0 Å². The van der Waals surface area contributed by atoms with Crippen LogP contribution in [0.3, 0.4) is 0 Å². The second kappa shape index (κ2) is 8.36. The molecule has 5 N–H and O–H groups in total. The summed E-state index contributed by atoms with van der Waals surface area (Å²) in [6, 6.07) is 0. The summed E-state index contributed by atoms with van der Waals surface area (Å²) in [6.07, 6.45) is 8.12. The summed E-state index contributed by atoms with van der Waals surface area (Å²) in [5, 5.41) is 26.3. The zero-order valence-corrected chi connectivity index (χ0v) is 13.6. The SMILES string of the molecule is C.CC(C)(O)O.Nc1ncnc2c1ncn2C(O)CCC1CCC1. The van der Waals surface area contributed by atoms with E-state index in [4.69, 9.17) is 15.9 Å². The standard InChI is InChI=1S/C12H17N5O.C3H8O2.CH4/c13-11-10-12(15-6-14-11)17(7-16-10)9(18)5-4-8-2-1-3-8;1-3(2,4)5;/h6-9,18H,1-5H2,(H2,13,14,15);4-5H,1-2H3;1H4. The largest absolute Gasteiger partial charge is 0.382 e. The molecule has 2 aromatic rings. The zero-order chi connectivity index (χ0) is 17.0. The van der Waals surface area contributed by atoms with Gasteiger partial charge in [0.25, 0.3) is 0 Å². The number of hydrogen-bond donors (Lipinski definition) is 4. The molecule has 24 heavy (non-hydrogen) atoms. The van der Waals surface area contributed by atoms with Crippen LogP contribution in [0, 0.1) is 5.92 Å². The second-order valence-corrected chi connectivity index (χ2v) is 6.43. The maximum atomic E-state index is 10.2. The molecule has 2 aromatic heterocycles. The van der Waals surface area contributed by atoms with Crippen molar-refractivity contribution in [2.45, 2.75) is 65.4 Å². The van der Waals surface area contributed by atoms with Gasteiger partial charge in [0.1, 0.15) is 18.1 Å². The summed E-state index contributed by atoms with van der Waals surface area (Å²) in [4.78, 5) is 12.2. The van der Waals surface area contributed by atoms with Gasteiger partial charge in [-0.1, -0.05) is 26.7 Å². The molecule has 1 unspecified atom stereocenters. The molecule has 0 aliphatic heterocycles. The summed E-state index contributed by atoms with van der Waals surface area (Å²) in [5.41, 5.74) is 6.87. The number of nitrogens with two attached hydrogens (primary N) is 1. The Labute approximate surface area is 142 Å². The van der Waals surface area contributed by atoms with E-state index >= 15 is 0 Å². The Kier molecular flexibility index (Phi) is 7.07. The van der Waals surface area contributed by atoms with Crippen molar-refractivity contribution in [3.63, 3.8) is 0 Å². The third-order valence-electron chi connectivity index (χ3n) is 3.77. The smallest absolute Gasteiger partial charge is 0.167 e. The number of aliphatic hydroxyl groups is 3. The summed E-state index contributed by atoms with van der Waals surface area (Å²) in [6.45, 7) is 2.60. The molecule has 1 atom stereocenters. The van der Waals surface area contributed by atoms with E-state index in [1.165, 1.54) is 39.4 Å². The van der Waals surface area contributed by atoms with Crippen LogP contribution in [0.2, 0.25) is 0 Å². The van der Waals surface area contributed by atoms with Gasteiger partial charge in [0.15, 0.2) is 17.3 Å². The normalized spacial score (nSPS) is 15.9. The average molecular weight is 339 g/mol. The Morgan fingerprint density at radius 2 is 1.92 bits per heavy atom. The number of rotatable bonds is 4. The first-order valence-corrected chi connectivity index (χ1v) is 7.81. The summed E-state index contributed by atoms with van der Waals surface area (Å²) in [5.74, 6) is -0.362. The molecule has 1 fully saturated rings.